The first kappa shape index (κ1) is 9.16. The van der Waals surface area contributed by atoms with Gasteiger partial charge < -0.3 is 9.47 Å². The summed E-state index contributed by atoms with van der Waals surface area (Å²) in [5, 5.41) is 0. The minimum absolute atomic E-state index is 0.422. The van der Waals surface area contributed by atoms with E-state index in [0.717, 1.165) is 11.4 Å². The molecule has 1 aromatic heterocycles. The summed E-state index contributed by atoms with van der Waals surface area (Å²) in [6, 6.07) is 5.64. The second-order valence-electron chi connectivity index (χ2n) is 2.32. The van der Waals surface area contributed by atoms with Crippen LogP contribution in [0.2, 0.25) is 0 Å². The zero-order valence-corrected chi connectivity index (χ0v) is 6.82. The van der Waals surface area contributed by atoms with E-state index in [1.165, 1.54) is 0 Å². The summed E-state index contributed by atoms with van der Waals surface area (Å²) < 4.78 is 9.38. The van der Waals surface area contributed by atoms with Gasteiger partial charge >= 0.3 is 0 Å². The van der Waals surface area contributed by atoms with E-state index in [1.807, 2.05) is 18.2 Å². The molecule has 0 aliphatic carbocycles. The van der Waals surface area contributed by atoms with Crippen LogP contribution in [0.3, 0.4) is 0 Å². The SMILES string of the molecule is [CH2]OCc1cccc(CO[CH2])n1. The number of nitrogens with zero attached hydrogens (tertiary/aromatic N) is 1. The average Bonchev–Trinajstić information content (AvgIpc) is 2.06. The summed E-state index contributed by atoms with van der Waals surface area (Å²) in [7, 11) is 6.55. The van der Waals surface area contributed by atoms with E-state index in [9.17, 15) is 0 Å². The fraction of sp³-hybridized carbons (Fsp3) is 0.222. The van der Waals surface area contributed by atoms with Crippen LogP contribution in [0, 0.1) is 14.2 Å². The molecule has 12 heavy (non-hydrogen) atoms. The molecule has 1 aromatic rings. The van der Waals surface area contributed by atoms with Gasteiger partial charge in [0.2, 0.25) is 0 Å². The van der Waals surface area contributed by atoms with Crippen LogP contribution in [0.4, 0.5) is 0 Å². The molecule has 0 aromatic carbocycles. The predicted octanol–water partition coefficient (Wildman–Crippen LogP) is 1.70. The standard InChI is InChI=1S/C9H11NO2/c1-11-6-8-4-3-5-9(10-8)7-12-2/h3-5H,1-2,6-7H2. The summed E-state index contributed by atoms with van der Waals surface area (Å²) in [6.07, 6.45) is 0. The molecule has 0 aliphatic heterocycles. The van der Waals surface area contributed by atoms with E-state index in [0.29, 0.717) is 13.2 Å². The Morgan fingerprint density at radius 2 is 1.58 bits per heavy atom. The maximum atomic E-state index is 4.69. The Bertz CT molecular complexity index is 216. The molecule has 1 heterocycles. The lowest BCUT2D eigenvalue weighted by molar-refractivity contribution is 0.215. The monoisotopic (exact) mass is 165 g/mol. The molecule has 2 radical (unpaired) electrons. The lowest BCUT2D eigenvalue weighted by Crippen LogP contribution is -1.96. The van der Waals surface area contributed by atoms with Crippen molar-refractivity contribution in [1.82, 2.24) is 4.98 Å². The highest BCUT2D eigenvalue weighted by Crippen LogP contribution is 2.01. The first-order valence-corrected chi connectivity index (χ1v) is 3.55. The summed E-state index contributed by atoms with van der Waals surface area (Å²) in [5.74, 6) is 0. The fourth-order valence-corrected chi connectivity index (χ4v) is 0.899. The number of ether oxygens (including phenoxy) is 2. The Morgan fingerprint density at radius 3 is 2.00 bits per heavy atom. The van der Waals surface area contributed by atoms with Crippen molar-refractivity contribution < 1.29 is 9.47 Å². The number of rotatable bonds is 4. The number of hydrogen-bond acceptors (Lipinski definition) is 3. The average molecular weight is 165 g/mol. The van der Waals surface area contributed by atoms with Crippen LogP contribution in [0.25, 0.3) is 0 Å². The molecular weight excluding hydrogens is 154 g/mol. The Hall–Kier alpha value is -0.930. The van der Waals surface area contributed by atoms with Gasteiger partial charge in [0.15, 0.2) is 0 Å². The van der Waals surface area contributed by atoms with Gasteiger partial charge in [-0.2, -0.15) is 0 Å². The molecule has 0 spiro atoms. The van der Waals surface area contributed by atoms with Crippen molar-refractivity contribution in [3.63, 3.8) is 0 Å². The van der Waals surface area contributed by atoms with Crippen LogP contribution >= 0.6 is 0 Å². The zero-order chi connectivity index (χ0) is 8.81. The molecule has 0 saturated carbocycles. The van der Waals surface area contributed by atoms with Gasteiger partial charge in [0.1, 0.15) is 0 Å². The zero-order valence-electron chi connectivity index (χ0n) is 6.82. The maximum Gasteiger partial charge on any atom is 0.0889 e. The van der Waals surface area contributed by atoms with Crippen molar-refractivity contribution in [2.24, 2.45) is 0 Å². The van der Waals surface area contributed by atoms with Crippen LogP contribution in [-0.2, 0) is 22.7 Å². The normalized spacial score (nSPS) is 10.2. The quantitative estimate of drug-likeness (QED) is 0.680. The van der Waals surface area contributed by atoms with Crippen molar-refractivity contribution in [1.29, 1.82) is 0 Å². The maximum absolute atomic E-state index is 4.69. The van der Waals surface area contributed by atoms with Gasteiger partial charge in [-0.3, -0.25) is 4.98 Å². The molecule has 0 bridgehead atoms. The van der Waals surface area contributed by atoms with E-state index in [-0.39, 0.29) is 0 Å². The minimum atomic E-state index is 0.422. The molecule has 0 fully saturated rings. The summed E-state index contributed by atoms with van der Waals surface area (Å²) in [5.41, 5.74) is 1.69. The van der Waals surface area contributed by atoms with Crippen molar-refractivity contribution in [3.05, 3.63) is 43.8 Å². The van der Waals surface area contributed by atoms with Crippen LogP contribution in [0.15, 0.2) is 18.2 Å². The van der Waals surface area contributed by atoms with Crippen LogP contribution in [0.1, 0.15) is 11.4 Å². The minimum Gasteiger partial charge on any atom is -0.373 e. The number of hydrogen-bond donors (Lipinski definition) is 0. The predicted molar refractivity (Wildman–Crippen MR) is 44.5 cm³/mol. The molecule has 3 nitrogen and oxygen atoms in total. The lowest BCUT2D eigenvalue weighted by atomic mass is 10.3. The van der Waals surface area contributed by atoms with Gasteiger partial charge in [-0.05, 0) is 12.1 Å². The number of aromatic nitrogens is 1. The van der Waals surface area contributed by atoms with Gasteiger partial charge in [-0.1, -0.05) is 6.07 Å². The highest BCUT2D eigenvalue weighted by Gasteiger charge is 1.95. The third kappa shape index (κ3) is 2.60. The fourth-order valence-electron chi connectivity index (χ4n) is 0.899. The van der Waals surface area contributed by atoms with E-state index >= 15 is 0 Å². The molecule has 0 N–H and O–H groups in total. The molecular formula is C9H11NO2. The Labute approximate surface area is 72.3 Å². The van der Waals surface area contributed by atoms with E-state index in [1.54, 1.807) is 0 Å². The van der Waals surface area contributed by atoms with Crippen molar-refractivity contribution >= 4 is 0 Å². The van der Waals surface area contributed by atoms with E-state index < -0.39 is 0 Å². The molecule has 1 rings (SSSR count). The van der Waals surface area contributed by atoms with Crippen molar-refractivity contribution in [3.8, 4) is 0 Å². The largest absolute Gasteiger partial charge is 0.373 e. The Kier molecular flexibility index (Phi) is 3.70. The molecule has 0 unspecified atom stereocenters. The molecule has 0 aliphatic rings. The summed E-state index contributed by atoms with van der Waals surface area (Å²) >= 11 is 0. The highest BCUT2D eigenvalue weighted by molar-refractivity contribution is 5.09. The third-order valence-corrected chi connectivity index (χ3v) is 1.36. The van der Waals surface area contributed by atoms with Crippen molar-refractivity contribution in [2.45, 2.75) is 13.2 Å². The van der Waals surface area contributed by atoms with Gasteiger partial charge in [0.05, 0.1) is 38.8 Å². The van der Waals surface area contributed by atoms with Gasteiger partial charge in [-0.15, -0.1) is 0 Å². The van der Waals surface area contributed by atoms with Crippen LogP contribution in [0.5, 0.6) is 0 Å². The third-order valence-electron chi connectivity index (χ3n) is 1.36. The lowest BCUT2D eigenvalue weighted by Gasteiger charge is -2.01. The van der Waals surface area contributed by atoms with Gasteiger partial charge in [0.25, 0.3) is 0 Å². The first-order valence-electron chi connectivity index (χ1n) is 3.55. The topological polar surface area (TPSA) is 31.4 Å². The molecule has 0 saturated heterocycles. The second kappa shape index (κ2) is 4.85. The molecule has 0 amide bonds. The van der Waals surface area contributed by atoms with Crippen LogP contribution < -0.4 is 0 Å². The second-order valence-corrected chi connectivity index (χ2v) is 2.32. The Balaban J connectivity index is 2.67. The molecule has 3 heteroatoms. The molecule has 0 atom stereocenters. The summed E-state index contributed by atoms with van der Waals surface area (Å²) in [4.78, 5) is 4.22. The van der Waals surface area contributed by atoms with E-state index in [2.05, 4.69) is 19.2 Å². The highest BCUT2D eigenvalue weighted by atomic mass is 16.5. The van der Waals surface area contributed by atoms with Crippen LogP contribution in [-0.4, -0.2) is 4.98 Å². The van der Waals surface area contributed by atoms with Crippen molar-refractivity contribution in [2.75, 3.05) is 0 Å². The smallest absolute Gasteiger partial charge is 0.0889 e. The summed E-state index contributed by atoms with van der Waals surface area (Å²) in [6.45, 7) is 0.843. The first-order chi connectivity index (χ1) is 5.86. The van der Waals surface area contributed by atoms with Gasteiger partial charge in [0, 0.05) is 0 Å². The molecule has 64 valence electrons. The van der Waals surface area contributed by atoms with Gasteiger partial charge in [-0.25, -0.2) is 0 Å². The Morgan fingerprint density at radius 1 is 1.08 bits per heavy atom. The number of pyridine rings is 1. The van der Waals surface area contributed by atoms with E-state index in [4.69, 9.17) is 9.47 Å².